The highest BCUT2D eigenvalue weighted by atomic mass is 19.1. The fourth-order valence-corrected chi connectivity index (χ4v) is 2.63. The number of hydrogen-bond acceptors (Lipinski definition) is 5. The molecule has 150 valence electrons. The lowest BCUT2D eigenvalue weighted by Crippen LogP contribution is -2.44. The highest BCUT2D eigenvalue weighted by molar-refractivity contribution is 5.83. The molecule has 0 radical (unpaired) electrons. The first-order valence-electron chi connectivity index (χ1n) is 8.85. The molecule has 2 N–H and O–H groups in total. The van der Waals surface area contributed by atoms with Crippen molar-refractivity contribution < 1.29 is 18.7 Å². The van der Waals surface area contributed by atoms with Crippen LogP contribution in [0, 0.1) is 5.82 Å². The van der Waals surface area contributed by atoms with Gasteiger partial charge in [0, 0.05) is 19.9 Å². The Bertz CT molecular complexity index is 1100. The summed E-state index contributed by atoms with van der Waals surface area (Å²) in [6, 6.07) is 12.2. The van der Waals surface area contributed by atoms with Gasteiger partial charge in [0.1, 0.15) is 17.4 Å². The average molecular weight is 398 g/mol. The molecule has 0 saturated carbocycles. The van der Waals surface area contributed by atoms with Crippen LogP contribution in [0.25, 0.3) is 10.9 Å². The van der Waals surface area contributed by atoms with Crippen LogP contribution in [0.2, 0.25) is 0 Å². The van der Waals surface area contributed by atoms with Gasteiger partial charge in [0.25, 0.3) is 11.5 Å². The lowest BCUT2D eigenvalue weighted by Gasteiger charge is -2.10. The zero-order valence-electron chi connectivity index (χ0n) is 15.6. The molecule has 29 heavy (non-hydrogen) atoms. The van der Waals surface area contributed by atoms with Crippen LogP contribution in [0.1, 0.15) is 12.2 Å². The average Bonchev–Trinajstić information content (AvgIpc) is 2.73. The van der Waals surface area contributed by atoms with E-state index in [2.05, 4.69) is 15.8 Å². The summed E-state index contributed by atoms with van der Waals surface area (Å²) in [5, 5.41) is 0.511. The molecule has 9 heteroatoms. The van der Waals surface area contributed by atoms with Crippen LogP contribution in [0.4, 0.5) is 4.39 Å². The number of aromatic nitrogens is 2. The first-order chi connectivity index (χ1) is 13.9. The third-order valence-corrected chi connectivity index (χ3v) is 4.18. The maximum atomic E-state index is 12.8. The van der Waals surface area contributed by atoms with Crippen LogP contribution in [0.3, 0.4) is 0 Å². The van der Waals surface area contributed by atoms with Gasteiger partial charge < -0.3 is 4.74 Å². The Morgan fingerprint density at radius 1 is 1.07 bits per heavy atom. The minimum absolute atomic E-state index is 0.0255. The number of nitrogens with zero attached hydrogens (tertiary/aromatic N) is 2. The van der Waals surface area contributed by atoms with Crippen LogP contribution in [-0.4, -0.2) is 28.0 Å². The molecule has 1 aromatic heterocycles. The Kier molecular flexibility index (Phi) is 6.18. The van der Waals surface area contributed by atoms with Crippen LogP contribution < -0.4 is 21.1 Å². The maximum Gasteiger partial charge on any atom is 0.276 e. The maximum absolute atomic E-state index is 12.8. The lowest BCUT2D eigenvalue weighted by molar-refractivity contribution is -0.130. The summed E-state index contributed by atoms with van der Waals surface area (Å²) in [4.78, 5) is 40.5. The van der Waals surface area contributed by atoms with E-state index < -0.39 is 17.6 Å². The van der Waals surface area contributed by atoms with Crippen molar-refractivity contribution >= 4 is 22.7 Å². The topological polar surface area (TPSA) is 102 Å². The molecule has 3 rings (SSSR count). The first kappa shape index (κ1) is 20.0. The molecule has 0 atom stereocenters. The van der Waals surface area contributed by atoms with Crippen LogP contribution in [0.15, 0.2) is 53.3 Å². The Hall–Kier alpha value is -3.75. The molecule has 0 spiro atoms. The number of hydrogen-bond donors (Lipinski definition) is 2. The summed E-state index contributed by atoms with van der Waals surface area (Å²) < 4.78 is 19.4. The fourth-order valence-electron chi connectivity index (χ4n) is 2.63. The van der Waals surface area contributed by atoms with Crippen molar-refractivity contribution in [1.82, 2.24) is 20.4 Å². The van der Waals surface area contributed by atoms with Gasteiger partial charge in [0.15, 0.2) is 6.61 Å². The zero-order chi connectivity index (χ0) is 20.8. The molecule has 3 aromatic rings. The summed E-state index contributed by atoms with van der Waals surface area (Å²) in [7, 11) is 1.60. The van der Waals surface area contributed by atoms with E-state index in [9.17, 15) is 18.8 Å². The van der Waals surface area contributed by atoms with Gasteiger partial charge in [0.2, 0.25) is 5.91 Å². The van der Waals surface area contributed by atoms with Gasteiger partial charge in [-0.15, -0.1) is 0 Å². The Balaban J connectivity index is 1.48. The van der Waals surface area contributed by atoms with Gasteiger partial charge in [-0.25, -0.2) is 9.37 Å². The van der Waals surface area contributed by atoms with Crippen LogP contribution in [0.5, 0.6) is 5.75 Å². The molecular formula is C20H19FN4O4. The first-order valence-corrected chi connectivity index (χ1v) is 8.85. The molecule has 1 heterocycles. The van der Waals surface area contributed by atoms with Crippen LogP contribution in [-0.2, 0) is 23.1 Å². The molecule has 2 aromatic carbocycles. The van der Waals surface area contributed by atoms with E-state index in [-0.39, 0.29) is 25.0 Å². The number of benzene rings is 2. The highest BCUT2D eigenvalue weighted by Gasteiger charge is 2.11. The molecule has 0 aliphatic rings. The number of amides is 2. The Morgan fingerprint density at radius 2 is 1.76 bits per heavy atom. The van der Waals surface area contributed by atoms with Crippen molar-refractivity contribution in [3.63, 3.8) is 0 Å². The quantitative estimate of drug-likeness (QED) is 0.608. The van der Waals surface area contributed by atoms with Crippen molar-refractivity contribution in [3.05, 3.63) is 70.5 Å². The zero-order valence-corrected chi connectivity index (χ0v) is 15.6. The highest BCUT2D eigenvalue weighted by Crippen LogP contribution is 2.10. The van der Waals surface area contributed by atoms with Gasteiger partial charge in [-0.2, -0.15) is 0 Å². The second kappa shape index (κ2) is 8.96. The van der Waals surface area contributed by atoms with E-state index >= 15 is 0 Å². The number of ether oxygens (including phenoxy) is 1. The molecule has 0 bridgehead atoms. The van der Waals surface area contributed by atoms with E-state index in [1.807, 2.05) is 0 Å². The number of rotatable bonds is 6. The summed E-state index contributed by atoms with van der Waals surface area (Å²) in [5.74, 6) is -0.625. The van der Waals surface area contributed by atoms with Crippen molar-refractivity contribution in [3.8, 4) is 5.75 Å². The number of fused-ring (bicyclic) bond motifs is 1. The van der Waals surface area contributed by atoms with Crippen molar-refractivity contribution in [1.29, 1.82) is 0 Å². The SMILES string of the molecule is Cn1c(CCC(=O)NNC(=O)COc2ccc(F)cc2)nc2ccccc2c1=O. The van der Waals surface area contributed by atoms with E-state index in [0.29, 0.717) is 22.5 Å². The molecule has 0 saturated heterocycles. The number of para-hydroxylation sites is 1. The van der Waals surface area contributed by atoms with Gasteiger partial charge in [-0.3, -0.25) is 29.8 Å². The number of halogens is 1. The number of carbonyl (C=O) groups excluding carboxylic acids is 2. The molecule has 8 nitrogen and oxygen atoms in total. The second-order valence-corrected chi connectivity index (χ2v) is 6.25. The van der Waals surface area contributed by atoms with Crippen molar-refractivity contribution in [2.24, 2.45) is 7.05 Å². The Morgan fingerprint density at radius 3 is 2.52 bits per heavy atom. The van der Waals surface area contributed by atoms with Gasteiger partial charge in [0.05, 0.1) is 10.9 Å². The lowest BCUT2D eigenvalue weighted by atomic mass is 10.2. The predicted molar refractivity (Wildman–Crippen MR) is 103 cm³/mol. The van der Waals surface area contributed by atoms with Gasteiger partial charge in [-0.1, -0.05) is 12.1 Å². The molecule has 0 unspecified atom stereocenters. The van der Waals surface area contributed by atoms with Crippen molar-refractivity contribution in [2.45, 2.75) is 12.8 Å². The van der Waals surface area contributed by atoms with Gasteiger partial charge in [-0.05, 0) is 36.4 Å². The summed E-state index contributed by atoms with van der Waals surface area (Å²) in [6.45, 7) is -0.341. The van der Waals surface area contributed by atoms with Crippen molar-refractivity contribution in [2.75, 3.05) is 6.61 Å². The monoisotopic (exact) mass is 398 g/mol. The molecule has 0 aliphatic heterocycles. The minimum Gasteiger partial charge on any atom is -0.484 e. The smallest absolute Gasteiger partial charge is 0.276 e. The minimum atomic E-state index is -0.570. The van der Waals surface area contributed by atoms with E-state index in [1.54, 1.807) is 31.3 Å². The number of hydrazine groups is 1. The summed E-state index contributed by atoms with van der Waals surface area (Å²) in [6.07, 6.45) is 0.252. The van der Waals surface area contributed by atoms with Crippen LogP contribution >= 0.6 is 0 Å². The standard InChI is InChI=1S/C20H19FN4O4/c1-25-17(22-16-5-3-2-4-15(16)20(25)28)10-11-18(26)23-24-19(27)12-29-14-8-6-13(21)7-9-14/h2-9H,10-12H2,1H3,(H,23,26)(H,24,27). The van der Waals surface area contributed by atoms with E-state index in [4.69, 9.17) is 4.74 Å². The molecule has 0 aliphatic carbocycles. The molecule has 0 fully saturated rings. The molecule has 2 amide bonds. The number of carbonyl (C=O) groups is 2. The molecular weight excluding hydrogens is 379 g/mol. The number of nitrogens with one attached hydrogen (secondary N) is 2. The third kappa shape index (κ3) is 5.16. The largest absolute Gasteiger partial charge is 0.484 e. The summed E-state index contributed by atoms with van der Waals surface area (Å²) in [5.41, 5.74) is 4.89. The third-order valence-electron chi connectivity index (χ3n) is 4.18. The van der Waals surface area contributed by atoms with Gasteiger partial charge >= 0.3 is 0 Å². The fraction of sp³-hybridized carbons (Fsp3) is 0.200. The second-order valence-electron chi connectivity index (χ2n) is 6.25. The van der Waals surface area contributed by atoms with E-state index in [1.165, 1.54) is 28.8 Å². The van der Waals surface area contributed by atoms with E-state index in [0.717, 1.165) is 0 Å². The normalized spacial score (nSPS) is 10.6. The Labute approximate surface area is 165 Å². The predicted octanol–water partition coefficient (Wildman–Crippen LogP) is 1.23. The summed E-state index contributed by atoms with van der Waals surface area (Å²) >= 11 is 0. The number of aryl methyl sites for hydroxylation is 1.